The smallest absolute Gasteiger partial charge is 0.211 e. The summed E-state index contributed by atoms with van der Waals surface area (Å²) in [5.41, 5.74) is 2.07. The van der Waals surface area contributed by atoms with Gasteiger partial charge in [-0.1, -0.05) is 35.6 Å². The van der Waals surface area contributed by atoms with Crippen molar-refractivity contribution in [1.29, 1.82) is 0 Å². The van der Waals surface area contributed by atoms with Gasteiger partial charge in [-0.15, -0.1) is 5.10 Å². The number of methoxy groups -OCH3 is 1. The third-order valence-electron chi connectivity index (χ3n) is 3.19. The summed E-state index contributed by atoms with van der Waals surface area (Å²) in [6.45, 7) is 0. The van der Waals surface area contributed by atoms with Crippen molar-refractivity contribution in [2.45, 2.75) is 0 Å². The van der Waals surface area contributed by atoms with E-state index in [1.807, 2.05) is 48.0 Å². The molecule has 0 aliphatic rings. The highest BCUT2D eigenvalue weighted by Crippen LogP contribution is 2.16. The van der Waals surface area contributed by atoms with Gasteiger partial charge < -0.3 is 9.30 Å². The highest BCUT2D eigenvalue weighted by molar-refractivity contribution is 7.16. The van der Waals surface area contributed by atoms with Crippen molar-refractivity contribution in [3.05, 3.63) is 58.9 Å². The van der Waals surface area contributed by atoms with E-state index in [0.717, 1.165) is 21.6 Å². The van der Waals surface area contributed by atoms with Gasteiger partial charge in [0.05, 0.1) is 23.5 Å². The Bertz CT molecular complexity index is 861. The summed E-state index contributed by atoms with van der Waals surface area (Å²) in [7, 11) is 3.64. The second kappa shape index (κ2) is 5.93. The van der Waals surface area contributed by atoms with Crippen molar-refractivity contribution in [2.24, 2.45) is 17.3 Å². The van der Waals surface area contributed by atoms with Crippen LogP contribution in [0.1, 0.15) is 5.56 Å². The Morgan fingerprint density at radius 2 is 1.86 bits per heavy atom. The number of fused-ring (bicyclic) bond motifs is 1. The Morgan fingerprint density at radius 1 is 1.10 bits per heavy atom. The first-order valence-corrected chi connectivity index (χ1v) is 7.36. The van der Waals surface area contributed by atoms with E-state index in [9.17, 15) is 0 Å². The van der Waals surface area contributed by atoms with Crippen molar-refractivity contribution < 1.29 is 4.74 Å². The number of hydrogen-bond acceptors (Lipinski definition) is 4. The van der Waals surface area contributed by atoms with Crippen LogP contribution in [-0.4, -0.2) is 17.9 Å². The van der Waals surface area contributed by atoms with E-state index >= 15 is 0 Å². The Balaban J connectivity index is 1.98. The van der Waals surface area contributed by atoms with Gasteiger partial charge in [0.15, 0.2) is 0 Å². The van der Waals surface area contributed by atoms with Crippen LogP contribution < -0.4 is 9.54 Å². The van der Waals surface area contributed by atoms with Crippen molar-refractivity contribution in [2.75, 3.05) is 7.11 Å². The summed E-state index contributed by atoms with van der Waals surface area (Å²) in [6, 6.07) is 15.9. The summed E-state index contributed by atoms with van der Waals surface area (Å²) in [5, 5.41) is 8.50. The van der Waals surface area contributed by atoms with E-state index in [-0.39, 0.29) is 0 Å². The fraction of sp³-hybridized carbons (Fsp3) is 0.125. The lowest BCUT2D eigenvalue weighted by Crippen LogP contribution is -2.08. The Morgan fingerprint density at radius 3 is 2.67 bits per heavy atom. The molecule has 0 amide bonds. The average molecular weight is 297 g/mol. The van der Waals surface area contributed by atoms with Crippen LogP contribution in [0.5, 0.6) is 5.75 Å². The molecule has 106 valence electrons. The van der Waals surface area contributed by atoms with E-state index in [2.05, 4.69) is 22.3 Å². The molecule has 1 heterocycles. The van der Waals surface area contributed by atoms with E-state index < -0.39 is 0 Å². The lowest BCUT2D eigenvalue weighted by atomic mass is 10.2. The topological polar surface area (TPSA) is 38.9 Å². The predicted molar refractivity (Wildman–Crippen MR) is 86.9 cm³/mol. The molecule has 3 aromatic rings. The molecular weight excluding hydrogens is 282 g/mol. The first-order valence-electron chi connectivity index (χ1n) is 6.54. The molecule has 0 aliphatic heterocycles. The minimum Gasteiger partial charge on any atom is -0.496 e. The van der Waals surface area contributed by atoms with Gasteiger partial charge in [0.1, 0.15) is 5.75 Å². The van der Waals surface area contributed by atoms with Gasteiger partial charge >= 0.3 is 0 Å². The third kappa shape index (κ3) is 2.73. The van der Waals surface area contributed by atoms with Crippen LogP contribution >= 0.6 is 11.3 Å². The number of benzene rings is 2. The second-order valence-corrected chi connectivity index (χ2v) is 5.51. The number of para-hydroxylation sites is 2. The molecule has 3 rings (SSSR count). The molecule has 0 saturated carbocycles. The van der Waals surface area contributed by atoms with Crippen LogP contribution in [0, 0.1) is 0 Å². The number of hydrogen-bond donors (Lipinski definition) is 0. The summed E-state index contributed by atoms with van der Waals surface area (Å²) < 4.78 is 8.53. The van der Waals surface area contributed by atoms with Crippen LogP contribution in [0.25, 0.3) is 10.2 Å². The Hall–Kier alpha value is -2.40. The van der Waals surface area contributed by atoms with Gasteiger partial charge in [-0.05, 0) is 24.3 Å². The molecule has 0 bridgehead atoms. The number of thiazole rings is 1. The van der Waals surface area contributed by atoms with Crippen molar-refractivity contribution in [1.82, 2.24) is 4.57 Å². The minimum atomic E-state index is 0.789. The summed E-state index contributed by atoms with van der Waals surface area (Å²) in [6.07, 6.45) is 1.71. The summed E-state index contributed by atoms with van der Waals surface area (Å²) in [5.74, 6) is 0.789. The van der Waals surface area contributed by atoms with Gasteiger partial charge in [-0.3, -0.25) is 0 Å². The molecule has 0 spiro atoms. The lowest BCUT2D eigenvalue weighted by molar-refractivity contribution is 0.414. The minimum absolute atomic E-state index is 0.789. The molecule has 0 fully saturated rings. The summed E-state index contributed by atoms with van der Waals surface area (Å²) in [4.78, 5) is 0.863. The van der Waals surface area contributed by atoms with E-state index in [0.29, 0.717) is 0 Å². The predicted octanol–water partition coefficient (Wildman–Crippen LogP) is 3.18. The maximum absolute atomic E-state index is 5.28. The fourth-order valence-electron chi connectivity index (χ4n) is 2.09. The van der Waals surface area contributed by atoms with E-state index in [4.69, 9.17) is 4.74 Å². The maximum Gasteiger partial charge on any atom is 0.211 e. The molecular formula is C16H15N3OS. The highest BCUT2D eigenvalue weighted by Gasteiger charge is 2.01. The van der Waals surface area contributed by atoms with Crippen LogP contribution in [0.2, 0.25) is 0 Å². The zero-order valence-corrected chi connectivity index (χ0v) is 12.7. The van der Waals surface area contributed by atoms with Crippen LogP contribution in [0.4, 0.5) is 0 Å². The second-order valence-electron chi connectivity index (χ2n) is 4.50. The standard InChI is InChI=1S/C16H15N3OS/c1-19-13-8-4-6-10-15(13)21-16(19)18-17-11-12-7-3-5-9-14(12)20-2/h3-11H,1-2H3/b17-11-,18-16+. The molecule has 0 radical (unpaired) electrons. The first-order chi connectivity index (χ1) is 10.3. The van der Waals surface area contributed by atoms with Crippen molar-refractivity contribution >= 4 is 27.8 Å². The quantitative estimate of drug-likeness (QED) is 0.540. The molecule has 2 aromatic carbocycles. The third-order valence-corrected chi connectivity index (χ3v) is 4.30. The van der Waals surface area contributed by atoms with Gasteiger partial charge in [-0.2, -0.15) is 5.10 Å². The van der Waals surface area contributed by atoms with Crippen molar-refractivity contribution in [3.63, 3.8) is 0 Å². The fourth-order valence-corrected chi connectivity index (χ4v) is 3.07. The van der Waals surface area contributed by atoms with Gasteiger partial charge in [0.25, 0.3) is 0 Å². The molecule has 0 atom stereocenters. The zero-order valence-electron chi connectivity index (χ0n) is 11.9. The average Bonchev–Trinajstić information content (AvgIpc) is 2.85. The zero-order chi connectivity index (χ0) is 14.7. The monoisotopic (exact) mass is 297 g/mol. The number of aryl methyl sites for hydroxylation is 1. The number of aromatic nitrogens is 1. The summed E-state index contributed by atoms with van der Waals surface area (Å²) >= 11 is 1.62. The van der Waals surface area contributed by atoms with Crippen LogP contribution in [0.15, 0.2) is 58.7 Å². The molecule has 0 unspecified atom stereocenters. The van der Waals surface area contributed by atoms with Crippen molar-refractivity contribution in [3.8, 4) is 5.75 Å². The maximum atomic E-state index is 5.28. The van der Waals surface area contributed by atoms with Gasteiger partial charge in [0, 0.05) is 12.6 Å². The number of nitrogens with zero attached hydrogens (tertiary/aromatic N) is 3. The largest absolute Gasteiger partial charge is 0.496 e. The number of ether oxygens (including phenoxy) is 1. The molecule has 4 nitrogen and oxygen atoms in total. The van der Waals surface area contributed by atoms with Gasteiger partial charge in [0.2, 0.25) is 4.80 Å². The molecule has 5 heteroatoms. The Kier molecular flexibility index (Phi) is 3.83. The molecule has 21 heavy (non-hydrogen) atoms. The normalized spacial score (nSPS) is 12.4. The van der Waals surface area contributed by atoms with Crippen LogP contribution in [-0.2, 0) is 7.05 Å². The Labute approximate surface area is 126 Å². The molecule has 0 aliphatic carbocycles. The molecule has 1 aromatic heterocycles. The van der Waals surface area contributed by atoms with Crippen LogP contribution in [0.3, 0.4) is 0 Å². The molecule has 0 saturated heterocycles. The van der Waals surface area contributed by atoms with Gasteiger partial charge in [-0.25, -0.2) is 0 Å². The molecule has 0 N–H and O–H groups in total. The highest BCUT2D eigenvalue weighted by atomic mass is 32.1. The lowest BCUT2D eigenvalue weighted by Gasteiger charge is -2.01. The van der Waals surface area contributed by atoms with E-state index in [1.165, 1.54) is 4.70 Å². The van der Waals surface area contributed by atoms with E-state index in [1.54, 1.807) is 24.7 Å². The number of rotatable bonds is 3. The first kappa shape index (κ1) is 13.6. The SMILES string of the molecule is COc1ccccc1/C=N\N=c1\sc2ccccc2n1C.